The number of carboxylic acids is 1. The Morgan fingerprint density at radius 2 is 1.89 bits per heavy atom. The van der Waals surface area contributed by atoms with Crippen LogP contribution >= 0.6 is 0 Å². The molecule has 0 aliphatic carbocycles. The predicted molar refractivity (Wildman–Crippen MR) is 71.0 cm³/mol. The van der Waals surface area contributed by atoms with Gasteiger partial charge in [-0.2, -0.15) is 0 Å². The lowest BCUT2D eigenvalue weighted by Gasteiger charge is -2.13. The molecule has 3 heteroatoms. The number of carbonyl (C=O) groups excluding carboxylic acids is 1. The zero-order valence-corrected chi connectivity index (χ0v) is 11.4. The molecule has 18 heavy (non-hydrogen) atoms. The molecule has 1 aromatic rings. The average Bonchev–Trinajstić information content (AvgIpc) is 2.29. The van der Waals surface area contributed by atoms with E-state index in [1.165, 1.54) is 0 Å². The first-order chi connectivity index (χ1) is 8.38. The van der Waals surface area contributed by atoms with Crippen LogP contribution in [-0.2, 0) is 4.79 Å². The van der Waals surface area contributed by atoms with Crippen LogP contribution in [0.1, 0.15) is 54.6 Å². The van der Waals surface area contributed by atoms with Crippen LogP contribution in [0, 0.1) is 12.8 Å². The number of hydrogen-bond acceptors (Lipinski definition) is 2. The minimum absolute atomic E-state index is 0.287. The molecule has 0 spiro atoms. The average molecular weight is 248 g/mol. The Morgan fingerprint density at radius 3 is 2.33 bits per heavy atom. The van der Waals surface area contributed by atoms with Crippen LogP contribution in [0.3, 0.4) is 0 Å². The highest BCUT2D eigenvalue weighted by atomic mass is 16.4. The minimum atomic E-state index is -1.04. The van der Waals surface area contributed by atoms with E-state index < -0.39 is 11.9 Å². The summed E-state index contributed by atoms with van der Waals surface area (Å²) >= 11 is 0. The van der Waals surface area contributed by atoms with Gasteiger partial charge in [-0.15, -0.1) is 0 Å². The number of aryl methyl sites for hydroxylation is 1. The van der Waals surface area contributed by atoms with Gasteiger partial charge >= 0.3 is 5.97 Å². The molecule has 1 atom stereocenters. The summed E-state index contributed by atoms with van der Waals surface area (Å²) in [6, 6.07) is 5.70. The smallest absolute Gasteiger partial charge is 0.314 e. The molecule has 0 saturated heterocycles. The van der Waals surface area contributed by atoms with Gasteiger partial charge in [-0.1, -0.05) is 32.9 Å². The molecule has 0 heterocycles. The molecule has 0 aromatic heterocycles. The van der Waals surface area contributed by atoms with Gasteiger partial charge in [0.05, 0.1) is 0 Å². The maximum Gasteiger partial charge on any atom is 0.314 e. The fourth-order valence-corrected chi connectivity index (χ4v) is 1.92. The molecule has 0 aliphatic heterocycles. The summed E-state index contributed by atoms with van der Waals surface area (Å²) in [7, 11) is 0. The first kappa shape index (κ1) is 14.4. The Hall–Kier alpha value is -1.64. The van der Waals surface area contributed by atoms with E-state index in [0.717, 1.165) is 11.1 Å². The van der Waals surface area contributed by atoms with E-state index in [-0.39, 0.29) is 5.78 Å². The normalized spacial score (nSPS) is 12.5. The molecule has 0 bridgehead atoms. The second kappa shape index (κ2) is 5.80. The first-order valence-electron chi connectivity index (χ1n) is 6.26. The number of rotatable bonds is 5. The molecule has 0 radical (unpaired) electrons. The highest BCUT2D eigenvalue weighted by molar-refractivity contribution is 6.09. The number of carboxylic acid groups (broad SMARTS) is 1. The summed E-state index contributed by atoms with van der Waals surface area (Å²) in [5.41, 5.74) is 2.43. The van der Waals surface area contributed by atoms with Crippen molar-refractivity contribution in [2.24, 2.45) is 5.92 Å². The molecule has 0 saturated carbocycles. The maximum atomic E-state index is 12.2. The van der Waals surface area contributed by atoms with Crippen molar-refractivity contribution in [3.05, 3.63) is 34.9 Å². The lowest BCUT2D eigenvalue weighted by Crippen LogP contribution is -2.24. The van der Waals surface area contributed by atoms with Gasteiger partial charge in [0, 0.05) is 5.56 Å². The Morgan fingerprint density at radius 1 is 1.28 bits per heavy atom. The number of benzene rings is 1. The minimum Gasteiger partial charge on any atom is -0.481 e. The molecule has 0 amide bonds. The van der Waals surface area contributed by atoms with Crippen molar-refractivity contribution in [3.8, 4) is 0 Å². The van der Waals surface area contributed by atoms with E-state index in [0.29, 0.717) is 17.9 Å². The zero-order valence-electron chi connectivity index (χ0n) is 11.4. The molecule has 1 unspecified atom stereocenters. The van der Waals surface area contributed by atoms with E-state index in [4.69, 9.17) is 5.11 Å². The van der Waals surface area contributed by atoms with E-state index in [1.807, 2.05) is 39.0 Å². The van der Waals surface area contributed by atoms with Gasteiger partial charge < -0.3 is 5.11 Å². The van der Waals surface area contributed by atoms with Gasteiger partial charge in [-0.3, -0.25) is 9.59 Å². The Labute approximate surface area is 108 Å². The van der Waals surface area contributed by atoms with Gasteiger partial charge in [0.1, 0.15) is 5.92 Å². The lowest BCUT2D eigenvalue weighted by atomic mass is 9.89. The van der Waals surface area contributed by atoms with Crippen LogP contribution in [0.2, 0.25) is 0 Å². The van der Waals surface area contributed by atoms with E-state index in [1.54, 1.807) is 6.92 Å². The molecular weight excluding hydrogens is 228 g/mol. The van der Waals surface area contributed by atoms with Crippen molar-refractivity contribution in [1.29, 1.82) is 0 Å². The molecule has 0 aliphatic rings. The zero-order chi connectivity index (χ0) is 13.9. The third-order valence-electron chi connectivity index (χ3n) is 3.22. The van der Waals surface area contributed by atoms with Gasteiger partial charge in [0.2, 0.25) is 0 Å². The summed E-state index contributed by atoms with van der Waals surface area (Å²) in [6.07, 6.45) is 0.319. The first-order valence-corrected chi connectivity index (χ1v) is 6.26. The van der Waals surface area contributed by atoms with Crippen molar-refractivity contribution < 1.29 is 14.7 Å². The van der Waals surface area contributed by atoms with Crippen LogP contribution in [0.4, 0.5) is 0 Å². The van der Waals surface area contributed by atoms with Crippen molar-refractivity contribution in [3.63, 3.8) is 0 Å². The molecule has 1 N–H and O–H groups in total. The quantitative estimate of drug-likeness (QED) is 0.641. The topological polar surface area (TPSA) is 54.4 Å². The lowest BCUT2D eigenvalue weighted by molar-refractivity contribution is -0.140. The van der Waals surface area contributed by atoms with Gasteiger partial charge in [-0.05, 0) is 36.5 Å². The number of carbonyl (C=O) groups is 2. The third-order valence-corrected chi connectivity index (χ3v) is 3.22. The monoisotopic (exact) mass is 248 g/mol. The molecule has 3 nitrogen and oxygen atoms in total. The Bertz CT molecular complexity index is 461. The standard InChI is InChI=1S/C15H20O3/c1-5-12(15(17)18)14(16)13-8-11(9(2)3)7-6-10(13)4/h6-9,12H,5H2,1-4H3,(H,17,18). The largest absolute Gasteiger partial charge is 0.481 e. The van der Waals surface area contributed by atoms with Crippen LogP contribution in [0.25, 0.3) is 0 Å². The highest BCUT2D eigenvalue weighted by Gasteiger charge is 2.26. The van der Waals surface area contributed by atoms with Crippen LogP contribution < -0.4 is 0 Å². The van der Waals surface area contributed by atoms with E-state index in [2.05, 4.69) is 0 Å². The summed E-state index contributed by atoms with van der Waals surface area (Å²) in [5, 5.41) is 9.05. The number of aliphatic carboxylic acids is 1. The van der Waals surface area contributed by atoms with Crippen molar-refractivity contribution in [1.82, 2.24) is 0 Å². The second-order valence-corrected chi connectivity index (χ2v) is 4.89. The fourth-order valence-electron chi connectivity index (χ4n) is 1.92. The molecular formula is C15H20O3. The summed E-state index contributed by atoms with van der Waals surface area (Å²) in [6.45, 7) is 7.66. The summed E-state index contributed by atoms with van der Waals surface area (Å²) < 4.78 is 0. The summed E-state index contributed by atoms with van der Waals surface area (Å²) in [5.74, 6) is -1.95. The van der Waals surface area contributed by atoms with E-state index >= 15 is 0 Å². The van der Waals surface area contributed by atoms with E-state index in [9.17, 15) is 9.59 Å². The van der Waals surface area contributed by atoms with Gasteiger partial charge in [-0.25, -0.2) is 0 Å². The van der Waals surface area contributed by atoms with Gasteiger partial charge in [0.15, 0.2) is 5.78 Å². The second-order valence-electron chi connectivity index (χ2n) is 4.89. The predicted octanol–water partition coefficient (Wildman–Crippen LogP) is 3.41. The SMILES string of the molecule is CCC(C(=O)O)C(=O)c1cc(C(C)C)ccc1C. The van der Waals surface area contributed by atoms with Crippen molar-refractivity contribution in [2.45, 2.75) is 40.0 Å². The third kappa shape index (κ3) is 2.97. The molecule has 98 valence electrons. The van der Waals surface area contributed by atoms with Crippen molar-refractivity contribution >= 4 is 11.8 Å². The maximum absolute atomic E-state index is 12.2. The fraction of sp³-hybridized carbons (Fsp3) is 0.467. The number of Topliss-reactive ketones (excluding diaryl/α,β-unsaturated/α-hetero) is 1. The Kier molecular flexibility index (Phi) is 4.65. The van der Waals surface area contributed by atoms with Crippen LogP contribution in [0.5, 0.6) is 0 Å². The van der Waals surface area contributed by atoms with Crippen molar-refractivity contribution in [2.75, 3.05) is 0 Å². The Balaban J connectivity index is 3.19. The number of ketones is 1. The highest BCUT2D eigenvalue weighted by Crippen LogP contribution is 2.22. The van der Waals surface area contributed by atoms with Crippen LogP contribution in [-0.4, -0.2) is 16.9 Å². The van der Waals surface area contributed by atoms with Crippen LogP contribution in [0.15, 0.2) is 18.2 Å². The number of hydrogen-bond donors (Lipinski definition) is 1. The summed E-state index contributed by atoms with van der Waals surface area (Å²) in [4.78, 5) is 23.3. The molecule has 1 rings (SSSR count). The van der Waals surface area contributed by atoms with Gasteiger partial charge in [0.25, 0.3) is 0 Å². The molecule has 1 aromatic carbocycles. The molecule has 0 fully saturated rings.